The lowest BCUT2D eigenvalue weighted by Gasteiger charge is -2.08. The van der Waals surface area contributed by atoms with E-state index in [1.807, 2.05) is 19.0 Å². The monoisotopic (exact) mass is 209 g/mol. The highest BCUT2D eigenvalue weighted by Crippen LogP contribution is 2.02. The van der Waals surface area contributed by atoms with Gasteiger partial charge in [0.1, 0.15) is 12.4 Å². The molecule has 15 heavy (non-hydrogen) atoms. The van der Waals surface area contributed by atoms with Crippen LogP contribution in [0.25, 0.3) is 6.08 Å². The van der Waals surface area contributed by atoms with Crippen molar-refractivity contribution in [1.82, 2.24) is 4.90 Å². The number of carbonyl (C=O) groups excluding carboxylic acids is 1. The van der Waals surface area contributed by atoms with Gasteiger partial charge in [0, 0.05) is 12.6 Å². The Morgan fingerprint density at radius 2 is 2.40 bits per heavy atom. The lowest BCUT2D eigenvalue weighted by Crippen LogP contribution is -2.19. The molecule has 0 unspecified atom stereocenters. The van der Waals surface area contributed by atoms with Crippen LogP contribution >= 0.6 is 0 Å². The fourth-order valence-corrected chi connectivity index (χ4v) is 0.913. The lowest BCUT2D eigenvalue weighted by atomic mass is 10.4. The Kier molecular flexibility index (Phi) is 4.63. The molecule has 0 spiro atoms. The molecule has 0 saturated carbocycles. The van der Waals surface area contributed by atoms with Gasteiger partial charge in [-0.15, -0.1) is 0 Å². The molecule has 0 N–H and O–H groups in total. The average molecular weight is 209 g/mol. The third kappa shape index (κ3) is 5.02. The van der Waals surface area contributed by atoms with Crippen LogP contribution in [0.15, 0.2) is 28.9 Å². The number of furan rings is 1. The zero-order valence-electron chi connectivity index (χ0n) is 8.97. The van der Waals surface area contributed by atoms with Crippen LogP contribution < -0.4 is 0 Å². The second kappa shape index (κ2) is 6.03. The van der Waals surface area contributed by atoms with E-state index in [1.165, 1.54) is 6.08 Å². The van der Waals surface area contributed by atoms with Gasteiger partial charge in [0.2, 0.25) is 0 Å². The third-order valence-corrected chi connectivity index (χ3v) is 1.71. The standard InChI is InChI=1S/C11H15NO3/c1-12(2)7-9-15-11(13)6-5-10-4-3-8-14-10/h3-6,8H,7,9H2,1-2H3. The van der Waals surface area contributed by atoms with Crippen molar-refractivity contribution in [2.24, 2.45) is 0 Å². The van der Waals surface area contributed by atoms with Crippen LogP contribution in [0, 0.1) is 0 Å². The highest BCUT2D eigenvalue weighted by molar-refractivity contribution is 5.86. The number of hydrogen-bond donors (Lipinski definition) is 0. The zero-order valence-corrected chi connectivity index (χ0v) is 8.97. The van der Waals surface area contributed by atoms with E-state index in [-0.39, 0.29) is 5.97 Å². The molecule has 1 heterocycles. The summed E-state index contributed by atoms with van der Waals surface area (Å²) in [4.78, 5) is 13.1. The maximum Gasteiger partial charge on any atom is 0.330 e. The van der Waals surface area contributed by atoms with E-state index in [2.05, 4.69) is 0 Å². The Morgan fingerprint density at radius 1 is 1.60 bits per heavy atom. The Balaban J connectivity index is 2.24. The van der Waals surface area contributed by atoms with Crippen molar-refractivity contribution in [2.45, 2.75) is 0 Å². The third-order valence-electron chi connectivity index (χ3n) is 1.71. The number of carbonyl (C=O) groups is 1. The minimum atomic E-state index is -0.353. The van der Waals surface area contributed by atoms with Gasteiger partial charge in [0.15, 0.2) is 0 Å². The summed E-state index contributed by atoms with van der Waals surface area (Å²) in [7, 11) is 3.85. The Labute approximate surface area is 89.1 Å². The van der Waals surface area contributed by atoms with E-state index < -0.39 is 0 Å². The number of ether oxygens (including phenoxy) is 1. The number of likely N-dealkylation sites (N-methyl/N-ethyl adjacent to an activating group) is 1. The SMILES string of the molecule is CN(C)CCOC(=O)C=Cc1ccco1. The van der Waals surface area contributed by atoms with Gasteiger partial charge in [-0.25, -0.2) is 4.79 Å². The minimum Gasteiger partial charge on any atom is -0.465 e. The molecule has 4 heteroatoms. The smallest absolute Gasteiger partial charge is 0.330 e. The van der Waals surface area contributed by atoms with Gasteiger partial charge >= 0.3 is 5.97 Å². The van der Waals surface area contributed by atoms with Crippen LogP contribution in [0.2, 0.25) is 0 Å². The summed E-state index contributed by atoms with van der Waals surface area (Å²) >= 11 is 0. The molecule has 1 aromatic heterocycles. The number of hydrogen-bond acceptors (Lipinski definition) is 4. The van der Waals surface area contributed by atoms with Crippen molar-refractivity contribution in [1.29, 1.82) is 0 Å². The van der Waals surface area contributed by atoms with Crippen LogP contribution in [0.3, 0.4) is 0 Å². The summed E-state index contributed by atoms with van der Waals surface area (Å²) in [6.45, 7) is 1.12. The molecular formula is C11H15NO3. The first-order valence-electron chi connectivity index (χ1n) is 4.71. The summed E-state index contributed by atoms with van der Waals surface area (Å²) < 4.78 is 9.97. The first-order chi connectivity index (χ1) is 7.18. The second-order valence-corrected chi connectivity index (χ2v) is 3.32. The number of nitrogens with zero attached hydrogens (tertiary/aromatic N) is 1. The van der Waals surface area contributed by atoms with Crippen molar-refractivity contribution >= 4 is 12.0 Å². The molecule has 1 aromatic rings. The zero-order chi connectivity index (χ0) is 11.1. The predicted molar refractivity (Wildman–Crippen MR) is 57.3 cm³/mol. The molecule has 0 aliphatic carbocycles. The first-order valence-corrected chi connectivity index (χ1v) is 4.71. The fourth-order valence-electron chi connectivity index (χ4n) is 0.913. The molecule has 82 valence electrons. The summed E-state index contributed by atoms with van der Waals surface area (Å²) in [5.74, 6) is 0.285. The molecule has 0 aromatic carbocycles. The highest BCUT2D eigenvalue weighted by Gasteiger charge is 1.97. The summed E-state index contributed by atoms with van der Waals surface area (Å²) in [5, 5.41) is 0. The van der Waals surface area contributed by atoms with E-state index in [4.69, 9.17) is 9.15 Å². The van der Waals surface area contributed by atoms with Crippen LogP contribution in [0.1, 0.15) is 5.76 Å². The Hall–Kier alpha value is -1.55. The molecule has 0 fully saturated rings. The molecule has 0 saturated heterocycles. The topological polar surface area (TPSA) is 42.7 Å². The molecular weight excluding hydrogens is 194 g/mol. The highest BCUT2D eigenvalue weighted by atomic mass is 16.5. The second-order valence-electron chi connectivity index (χ2n) is 3.32. The average Bonchev–Trinajstić information content (AvgIpc) is 2.66. The molecule has 0 aliphatic heterocycles. The van der Waals surface area contributed by atoms with Crippen molar-refractivity contribution in [2.75, 3.05) is 27.2 Å². The summed E-state index contributed by atoms with van der Waals surface area (Å²) in [6.07, 6.45) is 4.49. The Bertz CT molecular complexity index is 315. The molecule has 4 nitrogen and oxygen atoms in total. The quantitative estimate of drug-likeness (QED) is 0.543. The molecule has 0 bridgehead atoms. The van der Waals surface area contributed by atoms with Crippen LogP contribution in [0.4, 0.5) is 0 Å². The van der Waals surface area contributed by atoms with Gasteiger partial charge in [-0.05, 0) is 32.3 Å². The molecule has 0 atom stereocenters. The van der Waals surface area contributed by atoms with Gasteiger partial charge in [0.25, 0.3) is 0 Å². The van der Waals surface area contributed by atoms with E-state index in [0.717, 1.165) is 6.54 Å². The lowest BCUT2D eigenvalue weighted by molar-refractivity contribution is -0.137. The van der Waals surface area contributed by atoms with E-state index >= 15 is 0 Å². The number of esters is 1. The summed E-state index contributed by atoms with van der Waals surface area (Å²) in [5.41, 5.74) is 0. The minimum absolute atomic E-state index is 0.353. The van der Waals surface area contributed by atoms with E-state index in [1.54, 1.807) is 24.5 Å². The van der Waals surface area contributed by atoms with Crippen molar-refractivity contribution in [3.63, 3.8) is 0 Å². The summed E-state index contributed by atoms with van der Waals surface area (Å²) in [6, 6.07) is 3.53. The van der Waals surface area contributed by atoms with Crippen molar-refractivity contribution in [3.8, 4) is 0 Å². The van der Waals surface area contributed by atoms with E-state index in [0.29, 0.717) is 12.4 Å². The maximum absolute atomic E-state index is 11.2. The molecule has 1 rings (SSSR count). The predicted octanol–water partition coefficient (Wildman–Crippen LogP) is 1.40. The number of rotatable bonds is 5. The van der Waals surface area contributed by atoms with Gasteiger partial charge < -0.3 is 14.1 Å². The van der Waals surface area contributed by atoms with Gasteiger partial charge in [0.05, 0.1) is 6.26 Å². The first kappa shape index (κ1) is 11.5. The molecule has 0 radical (unpaired) electrons. The molecule has 0 aliphatic rings. The largest absolute Gasteiger partial charge is 0.465 e. The van der Waals surface area contributed by atoms with Gasteiger partial charge in [-0.1, -0.05) is 0 Å². The van der Waals surface area contributed by atoms with Crippen LogP contribution in [0.5, 0.6) is 0 Å². The van der Waals surface area contributed by atoms with Gasteiger partial charge in [-0.3, -0.25) is 0 Å². The van der Waals surface area contributed by atoms with E-state index in [9.17, 15) is 4.79 Å². The van der Waals surface area contributed by atoms with Crippen molar-refractivity contribution in [3.05, 3.63) is 30.2 Å². The maximum atomic E-state index is 11.2. The fraction of sp³-hybridized carbons (Fsp3) is 0.364. The Morgan fingerprint density at radius 3 is 3.00 bits per heavy atom. The van der Waals surface area contributed by atoms with Crippen molar-refractivity contribution < 1.29 is 13.9 Å². The molecule has 0 amide bonds. The van der Waals surface area contributed by atoms with Gasteiger partial charge in [-0.2, -0.15) is 0 Å². The van der Waals surface area contributed by atoms with Crippen LogP contribution in [-0.2, 0) is 9.53 Å². The van der Waals surface area contributed by atoms with Crippen LogP contribution in [-0.4, -0.2) is 38.1 Å². The normalized spacial score (nSPS) is 11.1.